The molecule has 0 saturated heterocycles. The van der Waals surface area contributed by atoms with Gasteiger partial charge in [0.1, 0.15) is 13.0 Å². The molecule has 142 valence electrons. The molecule has 1 N–H and O–H groups in total. The Morgan fingerprint density at radius 3 is 2.07 bits per heavy atom. The van der Waals surface area contributed by atoms with Gasteiger partial charge in [0.05, 0.1) is 12.6 Å². The molecule has 0 aliphatic heterocycles. The standard InChI is InChI=1S/C21H23NO5/c1-2-26-20(24)14-19(23)18(13-16-9-5-3-6-10-16)22-21(25)27-15-17-11-7-4-8-12-17/h3-12,18H,2,13-15H2,1H3,(H,22,25)/t18-/m0/s1. The lowest BCUT2D eigenvalue weighted by Crippen LogP contribution is -2.43. The highest BCUT2D eigenvalue weighted by Gasteiger charge is 2.24. The van der Waals surface area contributed by atoms with Gasteiger partial charge in [-0.05, 0) is 24.5 Å². The van der Waals surface area contributed by atoms with Crippen molar-refractivity contribution in [2.75, 3.05) is 6.61 Å². The van der Waals surface area contributed by atoms with Gasteiger partial charge in [0.25, 0.3) is 0 Å². The van der Waals surface area contributed by atoms with Crippen LogP contribution in [0, 0.1) is 0 Å². The molecule has 6 heteroatoms. The fourth-order valence-corrected chi connectivity index (χ4v) is 2.48. The van der Waals surface area contributed by atoms with Gasteiger partial charge in [0.15, 0.2) is 5.78 Å². The molecule has 27 heavy (non-hydrogen) atoms. The zero-order valence-corrected chi connectivity index (χ0v) is 15.2. The van der Waals surface area contributed by atoms with E-state index in [2.05, 4.69) is 5.32 Å². The Hall–Kier alpha value is -3.15. The second-order valence-corrected chi connectivity index (χ2v) is 5.90. The molecule has 0 fully saturated rings. The van der Waals surface area contributed by atoms with Crippen LogP contribution in [0.2, 0.25) is 0 Å². The van der Waals surface area contributed by atoms with Crippen LogP contribution in [0.15, 0.2) is 60.7 Å². The molecule has 0 radical (unpaired) electrons. The van der Waals surface area contributed by atoms with E-state index in [-0.39, 0.29) is 19.6 Å². The van der Waals surface area contributed by atoms with E-state index in [0.29, 0.717) is 0 Å². The maximum atomic E-state index is 12.5. The monoisotopic (exact) mass is 369 g/mol. The van der Waals surface area contributed by atoms with E-state index in [0.717, 1.165) is 11.1 Å². The molecule has 0 aromatic heterocycles. The lowest BCUT2D eigenvalue weighted by molar-refractivity contribution is -0.145. The van der Waals surface area contributed by atoms with Crippen molar-refractivity contribution in [2.24, 2.45) is 0 Å². The molecule has 0 heterocycles. The fourth-order valence-electron chi connectivity index (χ4n) is 2.48. The summed E-state index contributed by atoms with van der Waals surface area (Å²) < 4.78 is 10.00. The van der Waals surface area contributed by atoms with Crippen LogP contribution in [0.5, 0.6) is 0 Å². The number of carbonyl (C=O) groups excluding carboxylic acids is 3. The molecule has 1 atom stereocenters. The number of nitrogens with one attached hydrogen (secondary N) is 1. The summed E-state index contributed by atoms with van der Waals surface area (Å²) in [5.74, 6) is -1.03. The van der Waals surface area contributed by atoms with Crippen LogP contribution in [0.4, 0.5) is 4.79 Å². The van der Waals surface area contributed by atoms with Crippen molar-refractivity contribution in [2.45, 2.75) is 32.4 Å². The van der Waals surface area contributed by atoms with Gasteiger partial charge in [-0.2, -0.15) is 0 Å². The quantitative estimate of drug-likeness (QED) is 0.543. The first-order valence-corrected chi connectivity index (χ1v) is 8.78. The number of Topliss-reactive ketones (excluding diaryl/α,β-unsaturated/α-hetero) is 1. The zero-order valence-electron chi connectivity index (χ0n) is 15.2. The summed E-state index contributed by atoms with van der Waals surface area (Å²) in [6.45, 7) is 1.96. The SMILES string of the molecule is CCOC(=O)CC(=O)[C@H](Cc1ccccc1)NC(=O)OCc1ccccc1. The predicted octanol–water partition coefficient (Wildman–Crippen LogP) is 3.05. The van der Waals surface area contributed by atoms with Crippen LogP contribution in [-0.4, -0.2) is 30.5 Å². The first-order valence-electron chi connectivity index (χ1n) is 8.78. The van der Waals surface area contributed by atoms with E-state index in [9.17, 15) is 14.4 Å². The average Bonchev–Trinajstić information content (AvgIpc) is 2.67. The average molecular weight is 369 g/mol. The topological polar surface area (TPSA) is 81.7 Å². The van der Waals surface area contributed by atoms with Gasteiger partial charge in [-0.15, -0.1) is 0 Å². The van der Waals surface area contributed by atoms with Crippen LogP contribution in [0.3, 0.4) is 0 Å². The van der Waals surface area contributed by atoms with Crippen molar-refractivity contribution < 1.29 is 23.9 Å². The summed E-state index contributed by atoms with van der Waals surface area (Å²) in [5.41, 5.74) is 1.70. The number of hydrogen-bond acceptors (Lipinski definition) is 5. The van der Waals surface area contributed by atoms with Crippen LogP contribution in [0.1, 0.15) is 24.5 Å². The highest BCUT2D eigenvalue weighted by atomic mass is 16.5. The molecule has 0 aliphatic carbocycles. The van der Waals surface area contributed by atoms with Crippen molar-refractivity contribution in [3.8, 4) is 0 Å². The first-order chi connectivity index (χ1) is 13.1. The lowest BCUT2D eigenvalue weighted by atomic mass is 10.0. The predicted molar refractivity (Wildman–Crippen MR) is 100.0 cm³/mol. The summed E-state index contributed by atoms with van der Waals surface area (Å²) in [5, 5.41) is 2.56. The minimum absolute atomic E-state index is 0.0940. The van der Waals surface area contributed by atoms with E-state index in [1.54, 1.807) is 6.92 Å². The minimum Gasteiger partial charge on any atom is -0.466 e. The molecular weight excluding hydrogens is 346 g/mol. The van der Waals surface area contributed by atoms with Gasteiger partial charge in [0, 0.05) is 0 Å². The van der Waals surface area contributed by atoms with Crippen LogP contribution in [-0.2, 0) is 32.1 Å². The van der Waals surface area contributed by atoms with Gasteiger partial charge < -0.3 is 14.8 Å². The van der Waals surface area contributed by atoms with Crippen molar-refractivity contribution >= 4 is 17.8 Å². The maximum absolute atomic E-state index is 12.5. The molecule has 6 nitrogen and oxygen atoms in total. The number of alkyl carbamates (subject to hydrolysis) is 1. The number of benzene rings is 2. The summed E-state index contributed by atoms with van der Waals surface area (Å²) in [6, 6.07) is 17.6. The molecule has 0 saturated carbocycles. The van der Waals surface area contributed by atoms with E-state index in [1.165, 1.54) is 0 Å². The van der Waals surface area contributed by atoms with Gasteiger partial charge in [-0.1, -0.05) is 60.7 Å². The second kappa shape index (κ2) is 10.8. The molecule has 0 aliphatic rings. The molecule has 0 bridgehead atoms. The van der Waals surface area contributed by atoms with E-state index in [4.69, 9.17) is 9.47 Å². The highest BCUT2D eigenvalue weighted by molar-refractivity contribution is 5.99. The number of ketones is 1. The molecule has 0 unspecified atom stereocenters. The lowest BCUT2D eigenvalue weighted by Gasteiger charge is -2.17. The van der Waals surface area contributed by atoms with Crippen molar-refractivity contribution in [1.29, 1.82) is 0 Å². The Balaban J connectivity index is 1.98. The second-order valence-electron chi connectivity index (χ2n) is 5.90. The van der Waals surface area contributed by atoms with Crippen molar-refractivity contribution in [1.82, 2.24) is 5.32 Å². The summed E-state index contributed by atoms with van der Waals surface area (Å²) in [4.78, 5) is 36.2. The van der Waals surface area contributed by atoms with Crippen LogP contribution >= 0.6 is 0 Å². The zero-order chi connectivity index (χ0) is 19.5. The van der Waals surface area contributed by atoms with Crippen molar-refractivity contribution in [3.63, 3.8) is 0 Å². The summed E-state index contributed by atoms with van der Waals surface area (Å²) in [7, 11) is 0. The largest absolute Gasteiger partial charge is 0.466 e. The Morgan fingerprint density at radius 2 is 1.48 bits per heavy atom. The Labute approximate surface area is 158 Å². The normalized spacial score (nSPS) is 11.3. The summed E-state index contributed by atoms with van der Waals surface area (Å²) >= 11 is 0. The number of esters is 1. The minimum atomic E-state index is -0.875. The van der Waals surface area contributed by atoms with Gasteiger partial charge >= 0.3 is 12.1 Å². The van der Waals surface area contributed by atoms with Gasteiger partial charge in [-0.3, -0.25) is 9.59 Å². The molecule has 0 spiro atoms. The molecular formula is C21H23NO5. The van der Waals surface area contributed by atoms with E-state index in [1.807, 2.05) is 60.7 Å². The third kappa shape index (κ3) is 7.32. The Morgan fingerprint density at radius 1 is 0.889 bits per heavy atom. The number of amides is 1. The van der Waals surface area contributed by atoms with E-state index >= 15 is 0 Å². The molecule has 2 aromatic carbocycles. The molecule has 2 aromatic rings. The van der Waals surface area contributed by atoms with Crippen LogP contribution < -0.4 is 5.32 Å². The van der Waals surface area contributed by atoms with Gasteiger partial charge in [0.2, 0.25) is 0 Å². The summed E-state index contributed by atoms with van der Waals surface area (Å²) in [6.07, 6.45) is -0.846. The Bertz CT molecular complexity index is 746. The van der Waals surface area contributed by atoms with Crippen LogP contribution in [0.25, 0.3) is 0 Å². The third-order valence-electron chi connectivity index (χ3n) is 3.80. The smallest absolute Gasteiger partial charge is 0.408 e. The number of ether oxygens (including phenoxy) is 2. The molecule has 1 amide bonds. The third-order valence-corrected chi connectivity index (χ3v) is 3.80. The van der Waals surface area contributed by atoms with Gasteiger partial charge in [-0.25, -0.2) is 4.79 Å². The first kappa shape index (κ1) is 20.2. The van der Waals surface area contributed by atoms with E-state index < -0.39 is 30.3 Å². The number of rotatable bonds is 9. The number of hydrogen-bond donors (Lipinski definition) is 1. The highest BCUT2D eigenvalue weighted by Crippen LogP contribution is 2.07. The fraction of sp³-hybridized carbons (Fsp3) is 0.286. The number of carbonyl (C=O) groups is 3. The molecule has 2 rings (SSSR count). The van der Waals surface area contributed by atoms with Crippen molar-refractivity contribution in [3.05, 3.63) is 71.8 Å². The maximum Gasteiger partial charge on any atom is 0.408 e. The Kier molecular flexibility index (Phi) is 8.03.